The van der Waals surface area contributed by atoms with Crippen molar-refractivity contribution < 1.29 is 34.1 Å². The largest absolute Gasteiger partial charge is 0.480 e. The Morgan fingerprint density at radius 2 is 1.96 bits per heavy atom. The standard InChI is InChI=1S/C16H20N2O7S/c1-16(2)6-10-4-3-5-24-14(10)15(16)25-13(23)7-17-26-18(8-11(19)20)9-12(21)22/h3-5,17H,6-9H2,1-2H3,(H,19,20)(H,21,22). The number of carboxylic acids is 2. The van der Waals surface area contributed by atoms with Crippen molar-refractivity contribution in [3.8, 4) is 0 Å². The van der Waals surface area contributed by atoms with Crippen LogP contribution in [0.3, 0.4) is 0 Å². The van der Waals surface area contributed by atoms with Gasteiger partial charge in [0.25, 0.3) is 0 Å². The van der Waals surface area contributed by atoms with E-state index in [1.807, 2.05) is 19.9 Å². The zero-order valence-electron chi connectivity index (χ0n) is 14.4. The van der Waals surface area contributed by atoms with Crippen molar-refractivity contribution in [1.29, 1.82) is 0 Å². The van der Waals surface area contributed by atoms with Gasteiger partial charge in [0.1, 0.15) is 19.6 Å². The molecule has 142 valence electrons. The molecule has 2 aliphatic rings. The third-order valence-corrected chi connectivity index (χ3v) is 4.35. The molecule has 0 unspecified atom stereocenters. The minimum atomic E-state index is -1.18. The molecule has 9 nitrogen and oxygen atoms in total. The first kappa shape index (κ1) is 20.0. The van der Waals surface area contributed by atoms with E-state index in [4.69, 9.17) is 19.7 Å². The smallest absolute Gasteiger partial charge is 0.326 e. The number of hydrogen-bond acceptors (Lipinski definition) is 8. The van der Waals surface area contributed by atoms with E-state index in [1.54, 1.807) is 6.08 Å². The maximum absolute atomic E-state index is 12.1. The maximum Gasteiger partial charge on any atom is 0.326 e. The zero-order valence-corrected chi connectivity index (χ0v) is 15.2. The molecule has 0 saturated heterocycles. The Balaban J connectivity index is 1.90. The SMILES string of the molecule is CC1(C)CC2=CC=COC2=C1OC(=O)CNSN(CC(=O)O)CC(=O)O. The molecule has 0 saturated carbocycles. The highest BCUT2D eigenvalue weighted by Gasteiger charge is 2.40. The van der Waals surface area contributed by atoms with Crippen LogP contribution in [0, 0.1) is 5.41 Å². The Bertz CT molecular complexity index is 681. The van der Waals surface area contributed by atoms with Gasteiger partial charge in [-0.1, -0.05) is 19.9 Å². The molecule has 0 bridgehead atoms. The average molecular weight is 384 g/mol. The van der Waals surface area contributed by atoms with Crippen LogP contribution in [0.5, 0.6) is 0 Å². The third kappa shape index (κ3) is 5.35. The van der Waals surface area contributed by atoms with Crippen molar-refractivity contribution in [3.05, 3.63) is 35.5 Å². The van der Waals surface area contributed by atoms with E-state index in [1.165, 1.54) is 6.26 Å². The predicted octanol–water partition coefficient (Wildman–Crippen LogP) is 1.27. The van der Waals surface area contributed by atoms with Gasteiger partial charge in [0.15, 0.2) is 11.5 Å². The van der Waals surface area contributed by atoms with Gasteiger partial charge in [-0.2, -0.15) is 0 Å². The first-order valence-electron chi connectivity index (χ1n) is 7.75. The number of aliphatic carboxylic acids is 2. The summed E-state index contributed by atoms with van der Waals surface area (Å²) < 4.78 is 14.6. The molecule has 1 heterocycles. The van der Waals surface area contributed by atoms with Crippen molar-refractivity contribution >= 4 is 30.0 Å². The van der Waals surface area contributed by atoms with Crippen molar-refractivity contribution in [2.45, 2.75) is 20.3 Å². The fourth-order valence-corrected chi connectivity index (χ4v) is 3.27. The summed E-state index contributed by atoms with van der Waals surface area (Å²) in [6.07, 6.45) is 5.88. The van der Waals surface area contributed by atoms with Crippen molar-refractivity contribution in [2.75, 3.05) is 19.6 Å². The minimum Gasteiger partial charge on any atom is -0.480 e. The second-order valence-corrected chi connectivity index (χ2v) is 7.32. The molecule has 0 fully saturated rings. The fraction of sp³-hybridized carbons (Fsp3) is 0.438. The van der Waals surface area contributed by atoms with Gasteiger partial charge in [-0.15, -0.1) is 0 Å². The number of nitrogens with zero attached hydrogens (tertiary/aromatic N) is 1. The first-order chi connectivity index (χ1) is 12.2. The van der Waals surface area contributed by atoms with Crippen LogP contribution in [0.2, 0.25) is 0 Å². The van der Waals surface area contributed by atoms with E-state index in [2.05, 4.69) is 4.72 Å². The summed E-state index contributed by atoms with van der Waals surface area (Å²) in [6.45, 7) is 2.66. The van der Waals surface area contributed by atoms with E-state index in [-0.39, 0.29) is 6.54 Å². The topological polar surface area (TPSA) is 125 Å². The third-order valence-electron chi connectivity index (χ3n) is 3.56. The number of carboxylic acid groups (broad SMARTS) is 2. The maximum atomic E-state index is 12.1. The van der Waals surface area contributed by atoms with Crippen LogP contribution in [0.4, 0.5) is 0 Å². The molecule has 3 N–H and O–H groups in total. The molecular weight excluding hydrogens is 364 g/mol. The lowest BCUT2D eigenvalue weighted by Crippen LogP contribution is -2.33. The van der Waals surface area contributed by atoms with Crippen molar-refractivity contribution in [2.24, 2.45) is 5.41 Å². The Kier molecular flexibility index (Phi) is 6.46. The number of hydrogen-bond donors (Lipinski definition) is 3. The van der Waals surface area contributed by atoms with E-state index in [0.717, 1.165) is 22.0 Å². The van der Waals surface area contributed by atoms with Crippen LogP contribution in [0.1, 0.15) is 20.3 Å². The molecule has 26 heavy (non-hydrogen) atoms. The Labute approximate surface area is 154 Å². The van der Waals surface area contributed by atoms with Crippen LogP contribution in [0.15, 0.2) is 35.5 Å². The van der Waals surface area contributed by atoms with Crippen molar-refractivity contribution in [3.63, 3.8) is 0 Å². The normalized spacial score (nSPS) is 17.6. The Hall–Kier alpha value is -2.30. The van der Waals surface area contributed by atoms with Gasteiger partial charge in [0.2, 0.25) is 0 Å². The Morgan fingerprint density at radius 1 is 1.31 bits per heavy atom. The van der Waals surface area contributed by atoms with Crippen LogP contribution >= 0.6 is 12.1 Å². The molecule has 0 amide bonds. The lowest BCUT2D eigenvalue weighted by molar-refractivity contribution is -0.140. The summed E-state index contributed by atoms with van der Waals surface area (Å²) in [5.41, 5.74) is 0.561. The van der Waals surface area contributed by atoms with Gasteiger partial charge in [0, 0.05) is 17.5 Å². The summed E-state index contributed by atoms with van der Waals surface area (Å²) in [5.74, 6) is -1.96. The Morgan fingerprint density at radius 3 is 2.58 bits per heavy atom. The highest BCUT2D eigenvalue weighted by Crippen LogP contribution is 2.47. The highest BCUT2D eigenvalue weighted by atomic mass is 32.2. The molecule has 0 spiro atoms. The quantitative estimate of drug-likeness (QED) is 0.395. The number of esters is 1. The van der Waals surface area contributed by atoms with Gasteiger partial charge >= 0.3 is 17.9 Å². The molecule has 1 aliphatic heterocycles. The first-order valence-corrected chi connectivity index (χ1v) is 8.53. The second kappa shape index (κ2) is 8.39. The predicted molar refractivity (Wildman–Crippen MR) is 92.3 cm³/mol. The van der Waals surface area contributed by atoms with Gasteiger partial charge in [-0.25, -0.2) is 9.03 Å². The lowest BCUT2D eigenvalue weighted by Gasteiger charge is -2.21. The monoisotopic (exact) mass is 384 g/mol. The molecule has 2 rings (SSSR count). The number of carbonyl (C=O) groups excluding carboxylic acids is 1. The van der Waals surface area contributed by atoms with Crippen LogP contribution in [-0.2, 0) is 23.9 Å². The van der Waals surface area contributed by atoms with Crippen LogP contribution in [-0.4, -0.2) is 52.1 Å². The zero-order chi connectivity index (χ0) is 19.3. The number of nitrogens with one attached hydrogen (secondary N) is 1. The summed E-state index contributed by atoms with van der Waals surface area (Å²) in [4.78, 5) is 33.6. The number of allylic oxidation sites excluding steroid dienone is 4. The summed E-state index contributed by atoms with van der Waals surface area (Å²) in [5, 5.41) is 17.5. The number of ether oxygens (including phenoxy) is 2. The number of carbonyl (C=O) groups is 3. The molecule has 0 aromatic heterocycles. The van der Waals surface area contributed by atoms with E-state index in [9.17, 15) is 14.4 Å². The second-order valence-electron chi connectivity index (χ2n) is 6.33. The van der Waals surface area contributed by atoms with Crippen molar-refractivity contribution in [1.82, 2.24) is 9.03 Å². The van der Waals surface area contributed by atoms with E-state index < -0.39 is 36.4 Å². The summed E-state index contributed by atoms with van der Waals surface area (Å²) >= 11 is 0.738. The van der Waals surface area contributed by atoms with Gasteiger partial charge in [-0.05, 0) is 18.1 Å². The molecule has 0 radical (unpaired) electrons. The summed E-state index contributed by atoms with van der Waals surface area (Å²) in [7, 11) is 0. The van der Waals surface area contributed by atoms with E-state index in [0.29, 0.717) is 17.9 Å². The van der Waals surface area contributed by atoms with Crippen LogP contribution in [0.25, 0.3) is 0 Å². The minimum absolute atomic E-state index is 0.234. The highest BCUT2D eigenvalue weighted by molar-refractivity contribution is 7.95. The molecule has 10 heteroatoms. The molecule has 0 aromatic rings. The fourth-order valence-electron chi connectivity index (χ4n) is 2.56. The molecule has 0 atom stereocenters. The molecule has 0 aromatic carbocycles. The van der Waals surface area contributed by atoms with Crippen LogP contribution < -0.4 is 4.72 Å². The summed E-state index contributed by atoms with van der Waals surface area (Å²) in [6, 6.07) is 0. The number of fused-ring (bicyclic) bond motifs is 1. The van der Waals surface area contributed by atoms with Gasteiger partial charge in [0.05, 0.1) is 6.26 Å². The van der Waals surface area contributed by atoms with Gasteiger partial charge < -0.3 is 19.7 Å². The van der Waals surface area contributed by atoms with E-state index >= 15 is 0 Å². The average Bonchev–Trinajstić information content (AvgIpc) is 2.76. The number of rotatable bonds is 9. The molecular formula is C16H20N2O7S. The lowest BCUT2D eigenvalue weighted by atomic mass is 9.90. The van der Waals surface area contributed by atoms with Gasteiger partial charge in [-0.3, -0.25) is 14.4 Å². The molecule has 1 aliphatic carbocycles.